The second kappa shape index (κ2) is 7.04. The van der Waals surface area contributed by atoms with Gasteiger partial charge in [0.05, 0.1) is 5.25 Å². The van der Waals surface area contributed by atoms with Crippen LogP contribution in [0.5, 0.6) is 0 Å². The monoisotopic (exact) mass is 288 g/mol. The lowest BCUT2D eigenvalue weighted by atomic mass is 9.92. The molecule has 0 aliphatic heterocycles. The average Bonchev–Trinajstić information content (AvgIpc) is 2.42. The largest absolute Gasteiger partial charge is 0.314 e. The van der Waals surface area contributed by atoms with Crippen LogP contribution in [0.15, 0.2) is 0 Å². The first-order chi connectivity index (χ1) is 9.12. The highest BCUT2D eigenvalue weighted by molar-refractivity contribution is 7.90. The fraction of sp³-hybridized carbons (Fsp3) is 1.00. The first-order valence-corrected chi connectivity index (χ1v) is 9.41. The maximum Gasteiger partial charge on any atom is 0.214 e. The van der Waals surface area contributed by atoms with E-state index in [1.807, 2.05) is 0 Å². The molecule has 2 aliphatic carbocycles. The van der Waals surface area contributed by atoms with Crippen molar-refractivity contribution < 1.29 is 8.42 Å². The maximum atomic E-state index is 12.3. The molecular formula is C14H28N2O2S. The van der Waals surface area contributed by atoms with Crippen molar-refractivity contribution in [1.29, 1.82) is 0 Å². The second-order valence-corrected chi connectivity index (χ2v) is 8.02. The molecule has 19 heavy (non-hydrogen) atoms. The molecule has 2 fully saturated rings. The Bertz CT molecular complexity index is 356. The van der Waals surface area contributed by atoms with Gasteiger partial charge in [0.25, 0.3) is 0 Å². The molecule has 0 aromatic heterocycles. The number of hydrogen-bond acceptors (Lipinski definition) is 3. The Hall–Kier alpha value is -0.130. The van der Waals surface area contributed by atoms with E-state index in [0.29, 0.717) is 6.04 Å². The van der Waals surface area contributed by atoms with Gasteiger partial charge in [-0.05, 0) is 45.1 Å². The fourth-order valence-electron chi connectivity index (χ4n) is 3.41. The van der Waals surface area contributed by atoms with Gasteiger partial charge in [-0.1, -0.05) is 26.2 Å². The lowest BCUT2D eigenvalue weighted by Gasteiger charge is -2.31. The highest BCUT2D eigenvalue weighted by Gasteiger charge is 2.30. The predicted octanol–water partition coefficient (Wildman–Crippen LogP) is 2.16. The van der Waals surface area contributed by atoms with Crippen LogP contribution in [-0.4, -0.2) is 32.3 Å². The van der Waals surface area contributed by atoms with E-state index in [1.165, 1.54) is 6.42 Å². The van der Waals surface area contributed by atoms with Crippen molar-refractivity contribution in [2.75, 3.05) is 6.54 Å². The average molecular weight is 288 g/mol. The Kier molecular flexibility index (Phi) is 5.66. The van der Waals surface area contributed by atoms with E-state index in [1.54, 1.807) is 0 Å². The molecule has 0 atom stereocenters. The van der Waals surface area contributed by atoms with Crippen molar-refractivity contribution in [3.8, 4) is 0 Å². The standard InChI is InChI=1S/C14H28N2O2S/c1-2-15-12-8-10-13(11-9-12)16-19(17,18)14-6-4-3-5-7-14/h12-16H,2-11H2,1H3. The number of hydrogen-bond donors (Lipinski definition) is 2. The van der Waals surface area contributed by atoms with E-state index in [4.69, 9.17) is 0 Å². The lowest BCUT2D eigenvalue weighted by Crippen LogP contribution is -2.45. The molecule has 0 spiro atoms. The molecule has 0 saturated heterocycles. The zero-order valence-electron chi connectivity index (χ0n) is 12.0. The van der Waals surface area contributed by atoms with Crippen LogP contribution >= 0.6 is 0 Å². The van der Waals surface area contributed by atoms with E-state index in [-0.39, 0.29) is 11.3 Å². The summed E-state index contributed by atoms with van der Waals surface area (Å²) >= 11 is 0. The first kappa shape index (κ1) is 15.3. The van der Waals surface area contributed by atoms with Gasteiger partial charge < -0.3 is 5.32 Å². The molecule has 0 radical (unpaired) electrons. The number of nitrogens with one attached hydrogen (secondary N) is 2. The van der Waals surface area contributed by atoms with Crippen LogP contribution < -0.4 is 10.0 Å². The first-order valence-electron chi connectivity index (χ1n) is 7.86. The highest BCUT2D eigenvalue weighted by atomic mass is 32.2. The van der Waals surface area contributed by atoms with Gasteiger partial charge in [-0.15, -0.1) is 0 Å². The molecule has 0 amide bonds. The zero-order chi connectivity index (χ0) is 13.7. The van der Waals surface area contributed by atoms with E-state index < -0.39 is 10.0 Å². The number of rotatable bonds is 5. The molecular weight excluding hydrogens is 260 g/mol. The van der Waals surface area contributed by atoms with E-state index in [0.717, 1.165) is 57.9 Å². The third kappa shape index (κ3) is 4.43. The van der Waals surface area contributed by atoms with Crippen LogP contribution in [0.4, 0.5) is 0 Å². The summed E-state index contributed by atoms with van der Waals surface area (Å²) in [6, 6.07) is 0.752. The molecule has 2 rings (SSSR count). The third-order valence-electron chi connectivity index (χ3n) is 4.54. The summed E-state index contributed by atoms with van der Waals surface area (Å²) in [6.45, 7) is 3.13. The molecule has 2 saturated carbocycles. The quantitative estimate of drug-likeness (QED) is 0.815. The summed E-state index contributed by atoms with van der Waals surface area (Å²) in [5.74, 6) is 0. The second-order valence-electron chi connectivity index (χ2n) is 6.03. The molecule has 0 heterocycles. The minimum absolute atomic E-state index is 0.132. The summed E-state index contributed by atoms with van der Waals surface area (Å²) in [4.78, 5) is 0. The molecule has 112 valence electrons. The molecule has 0 unspecified atom stereocenters. The Labute approximate surface area is 117 Å². The highest BCUT2D eigenvalue weighted by Crippen LogP contribution is 2.25. The van der Waals surface area contributed by atoms with Crippen LogP contribution in [0.1, 0.15) is 64.7 Å². The predicted molar refractivity (Wildman–Crippen MR) is 78.6 cm³/mol. The van der Waals surface area contributed by atoms with Crippen molar-refractivity contribution in [1.82, 2.24) is 10.0 Å². The summed E-state index contributed by atoms with van der Waals surface area (Å²) in [5.41, 5.74) is 0. The molecule has 0 bridgehead atoms. The van der Waals surface area contributed by atoms with E-state index >= 15 is 0 Å². The van der Waals surface area contributed by atoms with Crippen molar-refractivity contribution >= 4 is 10.0 Å². The Morgan fingerprint density at radius 2 is 1.47 bits per heavy atom. The van der Waals surface area contributed by atoms with Gasteiger partial charge in [0, 0.05) is 12.1 Å². The minimum Gasteiger partial charge on any atom is -0.314 e. The maximum absolute atomic E-state index is 12.3. The summed E-state index contributed by atoms with van der Waals surface area (Å²) in [5, 5.41) is 3.32. The third-order valence-corrected chi connectivity index (χ3v) is 6.55. The Morgan fingerprint density at radius 3 is 2.05 bits per heavy atom. The van der Waals surface area contributed by atoms with Gasteiger partial charge in [-0.3, -0.25) is 0 Å². The van der Waals surface area contributed by atoms with Crippen molar-refractivity contribution in [3.05, 3.63) is 0 Å². The van der Waals surface area contributed by atoms with Crippen molar-refractivity contribution in [3.63, 3.8) is 0 Å². The van der Waals surface area contributed by atoms with Crippen molar-refractivity contribution in [2.45, 2.75) is 82.0 Å². The topological polar surface area (TPSA) is 58.2 Å². The van der Waals surface area contributed by atoms with Crippen LogP contribution in [0.3, 0.4) is 0 Å². The van der Waals surface area contributed by atoms with Crippen LogP contribution in [-0.2, 0) is 10.0 Å². The lowest BCUT2D eigenvalue weighted by molar-refractivity contribution is 0.331. The normalized spacial score (nSPS) is 30.4. The molecule has 0 aromatic carbocycles. The SMILES string of the molecule is CCNC1CCC(NS(=O)(=O)C2CCCCC2)CC1. The Morgan fingerprint density at radius 1 is 0.895 bits per heavy atom. The number of sulfonamides is 1. The van der Waals surface area contributed by atoms with Crippen LogP contribution in [0, 0.1) is 0 Å². The van der Waals surface area contributed by atoms with Crippen LogP contribution in [0.25, 0.3) is 0 Å². The fourth-order valence-corrected chi connectivity index (χ4v) is 5.25. The molecule has 2 aliphatic rings. The van der Waals surface area contributed by atoms with Gasteiger partial charge in [0.2, 0.25) is 10.0 Å². The summed E-state index contributed by atoms with van der Waals surface area (Å²) in [6.07, 6.45) is 9.16. The van der Waals surface area contributed by atoms with Gasteiger partial charge in [0.15, 0.2) is 0 Å². The van der Waals surface area contributed by atoms with Crippen molar-refractivity contribution in [2.24, 2.45) is 0 Å². The van der Waals surface area contributed by atoms with Gasteiger partial charge in [-0.2, -0.15) is 0 Å². The summed E-state index contributed by atoms with van der Waals surface area (Å²) in [7, 11) is -3.08. The Balaban J connectivity index is 1.80. The van der Waals surface area contributed by atoms with Gasteiger partial charge in [-0.25, -0.2) is 13.1 Å². The van der Waals surface area contributed by atoms with Gasteiger partial charge in [0.1, 0.15) is 0 Å². The molecule has 0 aromatic rings. The van der Waals surface area contributed by atoms with Crippen LogP contribution in [0.2, 0.25) is 0 Å². The summed E-state index contributed by atoms with van der Waals surface area (Å²) < 4.78 is 27.6. The van der Waals surface area contributed by atoms with E-state index in [2.05, 4.69) is 17.0 Å². The minimum atomic E-state index is -3.08. The van der Waals surface area contributed by atoms with E-state index in [9.17, 15) is 8.42 Å². The smallest absolute Gasteiger partial charge is 0.214 e. The molecule has 5 heteroatoms. The zero-order valence-corrected chi connectivity index (χ0v) is 12.8. The molecule has 4 nitrogen and oxygen atoms in total. The molecule has 2 N–H and O–H groups in total. The van der Waals surface area contributed by atoms with Gasteiger partial charge >= 0.3 is 0 Å².